The van der Waals surface area contributed by atoms with Crippen LogP contribution >= 0.6 is 0 Å². The maximum absolute atomic E-state index is 5.45. The second-order valence-corrected chi connectivity index (χ2v) is 6.20. The summed E-state index contributed by atoms with van der Waals surface area (Å²) in [7, 11) is 1.73. The lowest BCUT2D eigenvalue weighted by Crippen LogP contribution is -2.39. The van der Waals surface area contributed by atoms with Gasteiger partial charge in [0.2, 0.25) is 0 Å². The van der Waals surface area contributed by atoms with Crippen molar-refractivity contribution < 1.29 is 4.74 Å². The molecule has 1 aromatic carbocycles. The third kappa shape index (κ3) is 4.78. The monoisotopic (exact) mass is 288 g/mol. The maximum Gasteiger partial charge on any atom is 0.141 e. The van der Waals surface area contributed by atoms with Crippen molar-refractivity contribution >= 4 is 5.69 Å². The lowest BCUT2D eigenvalue weighted by atomic mass is 10.0. The van der Waals surface area contributed by atoms with E-state index in [0.717, 1.165) is 31.1 Å². The second kappa shape index (κ2) is 7.51. The Morgan fingerprint density at radius 1 is 1.33 bits per heavy atom. The molecule has 1 fully saturated rings. The van der Waals surface area contributed by atoms with Crippen molar-refractivity contribution in [3.05, 3.63) is 35.4 Å². The number of anilines is 1. The van der Waals surface area contributed by atoms with Gasteiger partial charge in [0, 0.05) is 25.7 Å². The minimum absolute atomic E-state index is 0.545. The van der Waals surface area contributed by atoms with Crippen molar-refractivity contribution in [2.24, 2.45) is 0 Å². The summed E-state index contributed by atoms with van der Waals surface area (Å²) in [5.41, 5.74) is 3.79. The average Bonchev–Trinajstić information content (AvgIpc) is 2.47. The number of allylic oxidation sites excluding steroid dienone is 1. The predicted octanol–water partition coefficient (Wildman–Crippen LogP) is 3.85. The highest BCUT2D eigenvalue weighted by Crippen LogP contribution is 2.27. The molecule has 0 aliphatic carbocycles. The molecule has 0 radical (unpaired) electrons. The Labute approximate surface area is 129 Å². The first-order chi connectivity index (χ1) is 10.1. The van der Waals surface area contributed by atoms with Crippen LogP contribution < -0.4 is 10.1 Å². The van der Waals surface area contributed by atoms with Crippen molar-refractivity contribution in [3.8, 4) is 5.75 Å². The van der Waals surface area contributed by atoms with Gasteiger partial charge in [-0.2, -0.15) is 0 Å². The standard InChI is InChI=1S/C18H28N2O/c1-14(2)7-10-20-11-8-16(9-12-20)19-17-13-15(3)5-6-18(17)21-4/h5-7,13,16,19H,8-12H2,1-4H3. The topological polar surface area (TPSA) is 24.5 Å². The summed E-state index contributed by atoms with van der Waals surface area (Å²) in [5, 5.41) is 3.66. The highest BCUT2D eigenvalue weighted by Gasteiger charge is 2.19. The van der Waals surface area contributed by atoms with Gasteiger partial charge in [0.1, 0.15) is 5.75 Å². The fourth-order valence-electron chi connectivity index (χ4n) is 2.73. The molecule has 2 rings (SSSR count). The van der Waals surface area contributed by atoms with Gasteiger partial charge in [-0.25, -0.2) is 0 Å². The zero-order chi connectivity index (χ0) is 15.2. The molecule has 1 aliphatic heterocycles. The molecule has 1 heterocycles. The van der Waals surface area contributed by atoms with Gasteiger partial charge in [0.15, 0.2) is 0 Å². The van der Waals surface area contributed by atoms with E-state index in [1.165, 1.54) is 24.0 Å². The Morgan fingerprint density at radius 2 is 2.05 bits per heavy atom. The molecule has 1 saturated heterocycles. The number of likely N-dealkylation sites (tertiary alicyclic amines) is 1. The van der Waals surface area contributed by atoms with Crippen LogP contribution in [0.2, 0.25) is 0 Å². The molecule has 0 atom stereocenters. The first kappa shape index (κ1) is 15.9. The normalized spacial score (nSPS) is 16.6. The molecule has 0 spiro atoms. The number of methoxy groups -OCH3 is 1. The van der Waals surface area contributed by atoms with Gasteiger partial charge < -0.3 is 10.1 Å². The molecule has 3 nitrogen and oxygen atoms in total. The van der Waals surface area contributed by atoms with Crippen molar-refractivity contribution in [1.29, 1.82) is 0 Å². The first-order valence-electron chi connectivity index (χ1n) is 7.85. The zero-order valence-corrected chi connectivity index (χ0v) is 13.8. The number of ether oxygens (including phenoxy) is 1. The summed E-state index contributed by atoms with van der Waals surface area (Å²) in [6.07, 6.45) is 4.69. The number of hydrogen-bond acceptors (Lipinski definition) is 3. The van der Waals surface area contributed by atoms with E-state index in [0.29, 0.717) is 6.04 Å². The minimum atomic E-state index is 0.545. The molecule has 0 amide bonds. The molecular weight excluding hydrogens is 260 g/mol. The fraction of sp³-hybridized carbons (Fsp3) is 0.556. The van der Waals surface area contributed by atoms with Crippen LogP contribution in [-0.2, 0) is 0 Å². The molecule has 0 saturated carbocycles. The molecular formula is C18H28N2O. The first-order valence-corrected chi connectivity index (χ1v) is 7.85. The quantitative estimate of drug-likeness (QED) is 0.833. The van der Waals surface area contributed by atoms with Crippen LogP contribution in [0.5, 0.6) is 5.75 Å². The van der Waals surface area contributed by atoms with E-state index >= 15 is 0 Å². The molecule has 0 unspecified atom stereocenters. The van der Waals surface area contributed by atoms with Crippen LogP contribution in [0.15, 0.2) is 29.8 Å². The van der Waals surface area contributed by atoms with Gasteiger partial charge in [-0.05, 0) is 51.3 Å². The van der Waals surface area contributed by atoms with Gasteiger partial charge in [-0.15, -0.1) is 0 Å². The third-order valence-electron chi connectivity index (χ3n) is 4.06. The number of hydrogen-bond donors (Lipinski definition) is 1. The SMILES string of the molecule is COc1ccc(C)cc1NC1CCN(CC=C(C)C)CC1. The number of nitrogens with zero attached hydrogens (tertiary/aromatic N) is 1. The van der Waals surface area contributed by atoms with Gasteiger partial charge in [0.25, 0.3) is 0 Å². The van der Waals surface area contributed by atoms with Crippen LogP contribution in [0.1, 0.15) is 32.3 Å². The largest absolute Gasteiger partial charge is 0.495 e. The van der Waals surface area contributed by atoms with E-state index in [-0.39, 0.29) is 0 Å². The Balaban J connectivity index is 1.89. The molecule has 1 N–H and O–H groups in total. The van der Waals surface area contributed by atoms with E-state index in [1.807, 2.05) is 6.07 Å². The molecule has 0 aromatic heterocycles. The van der Waals surface area contributed by atoms with E-state index < -0.39 is 0 Å². The molecule has 0 bridgehead atoms. The number of piperidine rings is 1. The van der Waals surface area contributed by atoms with E-state index in [4.69, 9.17) is 4.74 Å². The van der Waals surface area contributed by atoms with Gasteiger partial charge in [-0.1, -0.05) is 17.7 Å². The van der Waals surface area contributed by atoms with Crippen LogP contribution in [0.25, 0.3) is 0 Å². The third-order valence-corrected chi connectivity index (χ3v) is 4.06. The summed E-state index contributed by atoms with van der Waals surface area (Å²) in [5.74, 6) is 0.938. The van der Waals surface area contributed by atoms with Crippen molar-refractivity contribution in [2.45, 2.75) is 39.7 Å². The van der Waals surface area contributed by atoms with Gasteiger partial charge in [-0.3, -0.25) is 4.90 Å². The number of rotatable bonds is 5. The number of nitrogens with one attached hydrogen (secondary N) is 1. The lowest BCUT2D eigenvalue weighted by molar-refractivity contribution is 0.239. The highest BCUT2D eigenvalue weighted by molar-refractivity contribution is 5.58. The maximum atomic E-state index is 5.45. The summed E-state index contributed by atoms with van der Waals surface area (Å²) in [4.78, 5) is 2.53. The van der Waals surface area contributed by atoms with E-state index in [9.17, 15) is 0 Å². The van der Waals surface area contributed by atoms with Crippen molar-refractivity contribution in [1.82, 2.24) is 4.90 Å². The molecule has 1 aromatic rings. The van der Waals surface area contributed by atoms with Crippen LogP contribution in [0.3, 0.4) is 0 Å². The number of benzene rings is 1. The lowest BCUT2D eigenvalue weighted by Gasteiger charge is -2.32. The van der Waals surface area contributed by atoms with Gasteiger partial charge in [0.05, 0.1) is 12.8 Å². The van der Waals surface area contributed by atoms with Crippen LogP contribution in [0, 0.1) is 6.92 Å². The second-order valence-electron chi connectivity index (χ2n) is 6.20. The zero-order valence-electron chi connectivity index (χ0n) is 13.8. The van der Waals surface area contributed by atoms with Crippen LogP contribution in [-0.4, -0.2) is 37.7 Å². The Morgan fingerprint density at radius 3 is 2.67 bits per heavy atom. The summed E-state index contributed by atoms with van der Waals surface area (Å²) in [6, 6.07) is 6.85. The van der Waals surface area contributed by atoms with Crippen molar-refractivity contribution in [3.63, 3.8) is 0 Å². The van der Waals surface area contributed by atoms with Crippen molar-refractivity contribution in [2.75, 3.05) is 32.1 Å². The highest BCUT2D eigenvalue weighted by atomic mass is 16.5. The molecule has 21 heavy (non-hydrogen) atoms. The average molecular weight is 288 g/mol. The Hall–Kier alpha value is -1.48. The summed E-state index contributed by atoms with van der Waals surface area (Å²) in [6.45, 7) is 9.86. The molecule has 1 aliphatic rings. The molecule has 3 heteroatoms. The Bertz CT molecular complexity index is 484. The van der Waals surface area contributed by atoms with Crippen LogP contribution in [0.4, 0.5) is 5.69 Å². The number of aryl methyl sites for hydroxylation is 1. The predicted molar refractivity (Wildman–Crippen MR) is 90.2 cm³/mol. The Kier molecular flexibility index (Phi) is 5.68. The smallest absolute Gasteiger partial charge is 0.141 e. The molecule has 116 valence electrons. The summed E-state index contributed by atoms with van der Waals surface area (Å²) < 4.78 is 5.45. The fourth-order valence-corrected chi connectivity index (χ4v) is 2.73. The van der Waals surface area contributed by atoms with E-state index in [1.54, 1.807) is 7.11 Å². The summed E-state index contributed by atoms with van der Waals surface area (Å²) >= 11 is 0. The van der Waals surface area contributed by atoms with E-state index in [2.05, 4.69) is 49.2 Å². The van der Waals surface area contributed by atoms with Gasteiger partial charge >= 0.3 is 0 Å². The minimum Gasteiger partial charge on any atom is -0.495 e.